The van der Waals surface area contributed by atoms with Gasteiger partial charge in [0.05, 0.1) is 11.6 Å². The Hall–Kier alpha value is -2.19. The highest BCUT2D eigenvalue weighted by Gasteiger charge is 2.37. The molecule has 0 aliphatic carbocycles. The minimum absolute atomic E-state index is 0.0433. The van der Waals surface area contributed by atoms with E-state index in [4.69, 9.17) is 4.74 Å². The summed E-state index contributed by atoms with van der Waals surface area (Å²) in [4.78, 5) is 16.0. The van der Waals surface area contributed by atoms with Gasteiger partial charge in [-0.1, -0.05) is 24.3 Å². The topological polar surface area (TPSA) is 41.6 Å². The van der Waals surface area contributed by atoms with E-state index in [0.717, 1.165) is 66.7 Å². The Morgan fingerprint density at radius 1 is 1.06 bits per heavy atom. The number of benzene rings is 2. The van der Waals surface area contributed by atoms with Gasteiger partial charge in [0.25, 0.3) is 0 Å². The van der Waals surface area contributed by atoms with Gasteiger partial charge in [-0.05, 0) is 73.2 Å². The number of nitrogens with one attached hydrogen (secondary N) is 1. The maximum Gasteiger partial charge on any atom is 0.416 e. The van der Waals surface area contributed by atoms with Crippen LogP contribution in [0.1, 0.15) is 36.4 Å². The average molecular weight is 463 g/mol. The van der Waals surface area contributed by atoms with E-state index in [1.807, 2.05) is 18.2 Å². The summed E-state index contributed by atoms with van der Waals surface area (Å²) in [5.41, 5.74) is 1.59. The molecule has 0 aromatic heterocycles. The predicted octanol–water partition coefficient (Wildman–Crippen LogP) is 5.73. The molecule has 0 spiro atoms. The van der Waals surface area contributed by atoms with Crippen molar-refractivity contribution in [2.75, 3.05) is 25.4 Å². The molecule has 4 heterocycles. The number of nitrogens with zero attached hydrogens (tertiary/aromatic N) is 1. The van der Waals surface area contributed by atoms with Crippen LogP contribution in [0.25, 0.3) is 11.1 Å². The highest BCUT2D eigenvalue weighted by atomic mass is 32.2. The van der Waals surface area contributed by atoms with Crippen LogP contribution in [0.15, 0.2) is 47.4 Å². The highest BCUT2D eigenvalue weighted by molar-refractivity contribution is 7.99. The van der Waals surface area contributed by atoms with Crippen molar-refractivity contribution in [2.24, 2.45) is 5.92 Å². The normalized spacial score (nSPS) is 27.0. The monoisotopic (exact) mass is 462 g/mol. The number of alkyl halides is 3. The number of hydrogen-bond acceptors (Lipinski definition) is 4. The van der Waals surface area contributed by atoms with Gasteiger partial charge >= 0.3 is 12.3 Å². The first-order chi connectivity index (χ1) is 15.4. The Balaban J connectivity index is 1.30. The zero-order chi connectivity index (χ0) is 22.3. The Morgan fingerprint density at radius 2 is 1.84 bits per heavy atom. The van der Waals surface area contributed by atoms with Crippen LogP contribution in [-0.4, -0.2) is 42.5 Å². The van der Waals surface area contributed by atoms with Gasteiger partial charge < -0.3 is 10.1 Å². The van der Waals surface area contributed by atoms with Crippen LogP contribution in [0.5, 0.6) is 0 Å². The number of piperidine rings is 3. The number of carbonyl (C=O) groups is 1. The maximum atomic E-state index is 13.1. The second-order valence-electron chi connectivity index (χ2n) is 8.75. The van der Waals surface area contributed by atoms with Gasteiger partial charge in [-0.15, -0.1) is 11.8 Å². The first-order valence-electron chi connectivity index (χ1n) is 11.0. The van der Waals surface area contributed by atoms with Crippen LogP contribution in [0.4, 0.5) is 18.0 Å². The first kappa shape index (κ1) is 21.6. The van der Waals surface area contributed by atoms with Crippen molar-refractivity contribution in [3.63, 3.8) is 0 Å². The molecule has 1 N–H and O–H groups in total. The van der Waals surface area contributed by atoms with Crippen molar-refractivity contribution in [3.8, 4) is 11.1 Å². The standard InChI is InChI=1S/C24H25F3N2O2S/c25-24(26,27)18-3-1-2-16(12-18)17-4-5-19-20(8-11-32-22(19)13-17)28-23(30)31-21-14-29-9-6-15(21)7-10-29/h1-5,12-13,15,20-21H,6-11,14H2,(H,28,30)/t20?,21-/m0/s1. The molecule has 1 unspecified atom stereocenters. The lowest BCUT2D eigenvalue weighted by atomic mass is 9.86. The van der Waals surface area contributed by atoms with E-state index in [0.29, 0.717) is 11.5 Å². The van der Waals surface area contributed by atoms with E-state index in [1.54, 1.807) is 17.8 Å². The summed E-state index contributed by atoms with van der Waals surface area (Å²) in [6.07, 6.45) is -1.84. The number of carbonyl (C=O) groups excluding carboxylic acids is 1. The number of amides is 1. The fourth-order valence-corrected chi connectivity index (χ4v) is 6.11. The van der Waals surface area contributed by atoms with Gasteiger partial charge in [-0.2, -0.15) is 13.2 Å². The Bertz CT molecular complexity index is 1000. The van der Waals surface area contributed by atoms with Crippen LogP contribution in [0, 0.1) is 5.92 Å². The molecule has 6 rings (SSSR count). The lowest BCUT2D eigenvalue weighted by Crippen LogP contribution is -2.52. The molecule has 2 atom stereocenters. The van der Waals surface area contributed by atoms with E-state index in [9.17, 15) is 18.0 Å². The van der Waals surface area contributed by atoms with Crippen molar-refractivity contribution in [2.45, 2.75) is 42.5 Å². The number of halogens is 3. The van der Waals surface area contributed by atoms with Crippen molar-refractivity contribution < 1.29 is 22.7 Å². The molecule has 2 aromatic carbocycles. The summed E-state index contributed by atoms with van der Waals surface area (Å²) in [5, 5.41) is 3.03. The van der Waals surface area contributed by atoms with Crippen molar-refractivity contribution in [3.05, 3.63) is 53.6 Å². The van der Waals surface area contributed by atoms with E-state index < -0.39 is 11.7 Å². The third-order valence-electron chi connectivity index (χ3n) is 6.72. The Labute approximate surface area is 189 Å². The van der Waals surface area contributed by atoms with Crippen LogP contribution < -0.4 is 5.32 Å². The largest absolute Gasteiger partial charge is 0.445 e. The first-order valence-corrected chi connectivity index (χ1v) is 12.0. The Morgan fingerprint density at radius 3 is 2.56 bits per heavy atom. The number of rotatable bonds is 3. The third-order valence-corrected chi connectivity index (χ3v) is 7.83. The summed E-state index contributed by atoms with van der Waals surface area (Å²) < 4.78 is 45.0. The molecule has 0 radical (unpaired) electrons. The van der Waals surface area contributed by atoms with Gasteiger partial charge in [-0.3, -0.25) is 4.90 Å². The molecule has 4 aliphatic heterocycles. The van der Waals surface area contributed by atoms with Crippen molar-refractivity contribution >= 4 is 17.9 Å². The molecule has 4 aliphatic rings. The quantitative estimate of drug-likeness (QED) is 0.633. The molecule has 4 nitrogen and oxygen atoms in total. The van der Waals surface area contributed by atoms with Crippen LogP contribution in [0.3, 0.4) is 0 Å². The third kappa shape index (κ3) is 4.48. The van der Waals surface area contributed by atoms with Crippen molar-refractivity contribution in [1.82, 2.24) is 10.2 Å². The molecule has 170 valence electrons. The fourth-order valence-electron chi connectivity index (χ4n) is 4.95. The summed E-state index contributed by atoms with van der Waals surface area (Å²) in [6.45, 7) is 3.00. The molecule has 2 bridgehead atoms. The van der Waals surface area contributed by atoms with Crippen LogP contribution in [-0.2, 0) is 10.9 Å². The number of alkyl carbamates (subject to hydrolysis) is 1. The summed E-state index contributed by atoms with van der Waals surface area (Å²) >= 11 is 1.66. The molecule has 8 heteroatoms. The molecule has 32 heavy (non-hydrogen) atoms. The summed E-state index contributed by atoms with van der Waals surface area (Å²) in [7, 11) is 0. The molecule has 3 saturated heterocycles. The van der Waals surface area contributed by atoms with Gasteiger partial charge in [0.2, 0.25) is 0 Å². The second-order valence-corrected chi connectivity index (χ2v) is 9.88. The number of fused-ring (bicyclic) bond motifs is 4. The molecule has 1 amide bonds. The van der Waals surface area contributed by atoms with E-state index in [1.165, 1.54) is 12.1 Å². The molecular formula is C24H25F3N2O2S. The van der Waals surface area contributed by atoms with E-state index >= 15 is 0 Å². The molecule has 0 saturated carbocycles. The highest BCUT2D eigenvalue weighted by Crippen LogP contribution is 2.40. The van der Waals surface area contributed by atoms with Gasteiger partial charge in [0.15, 0.2) is 0 Å². The van der Waals surface area contributed by atoms with E-state index in [2.05, 4.69) is 10.2 Å². The van der Waals surface area contributed by atoms with Crippen molar-refractivity contribution in [1.29, 1.82) is 0 Å². The number of hydrogen-bond donors (Lipinski definition) is 1. The van der Waals surface area contributed by atoms with Gasteiger partial charge in [-0.25, -0.2) is 4.79 Å². The minimum Gasteiger partial charge on any atom is -0.445 e. The van der Waals surface area contributed by atoms with Crippen LogP contribution >= 0.6 is 11.8 Å². The molecule has 3 fully saturated rings. The Kier molecular flexibility index (Phi) is 5.84. The van der Waals surface area contributed by atoms with Crippen LogP contribution in [0.2, 0.25) is 0 Å². The maximum absolute atomic E-state index is 13.1. The van der Waals surface area contributed by atoms with E-state index in [-0.39, 0.29) is 18.2 Å². The number of ether oxygens (including phenoxy) is 1. The lowest BCUT2D eigenvalue weighted by molar-refractivity contribution is -0.137. The lowest BCUT2D eigenvalue weighted by Gasteiger charge is -2.44. The van der Waals surface area contributed by atoms with Gasteiger partial charge in [0, 0.05) is 17.2 Å². The summed E-state index contributed by atoms with van der Waals surface area (Å²) in [6, 6.07) is 10.9. The predicted molar refractivity (Wildman–Crippen MR) is 118 cm³/mol. The second kappa shape index (κ2) is 8.63. The smallest absolute Gasteiger partial charge is 0.416 e. The summed E-state index contributed by atoms with van der Waals surface area (Å²) in [5.74, 6) is 1.28. The molecular weight excluding hydrogens is 437 g/mol. The minimum atomic E-state index is -4.37. The SMILES string of the molecule is O=C(NC1CCSc2cc(-c3cccc(C(F)(F)F)c3)ccc21)O[C@H]1CN2CCC1CC2. The average Bonchev–Trinajstić information content (AvgIpc) is 2.79. The molecule has 2 aromatic rings. The van der Waals surface area contributed by atoms with Gasteiger partial charge in [0.1, 0.15) is 6.10 Å². The number of thioether (sulfide) groups is 1. The zero-order valence-electron chi connectivity index (χ0n) is 17.5. The zero-order valence-corrected chi connectivity index (χ0v) is 18.3. The fraction of sp³-hybridized carbons (Fsp3) is 0.458.